The Kier molecular flexibility index (Phi) is 4.14. The topological polar surface area (TPSA) is 47.0 Å². The number of benzene rings is 1. The summed E-state index contributed by atoms with van der Waals surface area (Å²) in [5, 5.41) is 4.05. The molecule has 1 aromatic heterocycles. The third kappa shape index (κ3) is 3.08. The van der Waals surface area contributed by atoms with Crippen molar-refractivity contribution in [2.45, 2.75) is 18.8 Å². The maximum atomic E-state index is 5.88. The van der Waals surface area contributed by atoms with Crippen LogP contribution in [0.2, 0.25) is 5.02 Å². The van der Waals surface area contributed by atoms with Crippen molar-refractivity contribution in [2.75, 3.05) is 13.1 Å². The summed E-state index contributed by atoms with van der Waals surface area (Å²) >= 11 is 5.88. The fourth-order valence-corrected chi connectivity index (χ4v) is 2.53. The third-order valence-electron chi connectivity index (χ3n) is 3.45. The summed E-state index contributed by atoms with van der Waals surface area (Å²) in [6.45, 7) is 2.03. The van der Waals surface area contributed by atoms with Gasteiger partial charge in [-0.15, -0.1) is 0 Å². The highest BCUT2D eigenvalue weighted by atomic mass is 35.5. The van der Waals surface area contributed by atoms with Crippen LogP contribution in [0.15, 0.2) is 36.7 Å². The SMILES string of the molecule is Clc1ccc(Oc2nccnc2C2CCNCC2)cc1. The minimum atomic E-state index is 0.409. The van der Waals surface area contributed by atoms with Gasteiger partial charge < -0.3 is 10.1 Å². The Balaban J connectivity index is 1.83. The van der Waals surface area contributed by atoms with Crippen molar-refractivity contribution in [3.05, 3.63) is 47.4 Å². The summed E-state index contributed by atoms with van der Waals surface area (Å²) in [5.74, 6) is 1.74. The summed E-state index contributed by atoms with van der Waals surface area (Å²) < 4.78 is 5.87. The second-order valence-corrected chi connectivity index (χ2v) is 5.26. The van der Waals surface area contributed by atoms with Crippen molar-refractivity contribution >= 4 is 11.6 Å². The highest BCUT2D eigenvalue weighted by Gasteiger charge is 2.21. The van der Waals surface area contributed by atoms with Crippen molar-refractivity contribution in [2.24, 2.45) is 0 Å². The van der Waals surface area contributed by atoms with Crippen LogP contribution in [0.4, 0.5) is 0 Å². The maximum absolute atomic E-state index is 5.88. The highest BCUT2D eigenvalue weighted by Crippen LogP contribution is 2.31. The van der Waals surface area contributed by atoms with E-state index < -0.39 is 0 Å². The molecule has 104 valence electrons. The van der Waals surface area contributed by atoms with E-state index in [1.807, 2.05) is 12.1 Å². The Morgan fingerprint density at radius 2 is 1.75 bits per heavy atom. The molecule has 20 heavy (non-hydrogen) atoms. The van der Waals surface area contributed by atoms with Crippen molar-refractivity contribution in [3.8, 4) is 11.6 Å². The first-order valence-corrected chi connectivity index (χ1v) is 7.16. The molecule has 5 heteroatoms. The van der Waals surface area contributed by atoms with Gasteiger partial charge in [0, 0.05) is 23.3 Å². The quantitative estimate of drug-likeness (QED) is 0.941. The van der Waals surface area contributed by atoms with Crippen LogP contribution in [0.5, 0.6) is 11.6 Å². The third-order valence-corrected chi connectivity index (χ3v) is 3.70. The van der Waals surface area contributed by atoms with Crippen LogP contribution < -0.4 is 10.1 Å². The van der Waals surface area contributed by atoms with Gasteiger partial charge in [-0.25, -0.2) is 4.98 Å². The van der Waals surface area contributed by atoms with Gasteiger partial charge in [-0.1, -0.05) is 11.6 Å². The molecule has 1 aliphatic rings. The number of ether oxygens (including phenoxy) is 1. The Hall–Kier alpha value is -1.65. The lowest BCUT2D eigenvalue weighted by Gasteiger charge is -2.23. The number of hydrogen-bond acceptors (Lipinski definition) is 4. The molecule has 1 aliphatic heterocycles. The molecule has 2 heterocycles. The Labute approximate surface area is 123 Å². The monoisotopic (exact) mass is 289 g/mol. The molecule has 0 bridgehead atoms. The average Bonchev–Trinajstić information content (AvgIpc) is 2.51. The van der Waals surface area contributed by atoms with Gasteiger partial charge in [-0.2, -0.15) is 0 Å². The zero-order chi connectivity index (χ0) is 13.8. The highest BCUT2D eigenvalue weighted by molar-refractivity contribution is 6.30. The number of aromatic nitrogens is 2. The van der Waals surface area contributed by atoms with E-state index in [-0.39, 0.29) is 0 Å². The van der Waals surface area contributed by atoms with Crippen molar-refractivity contribution in [1.82, 2.24) is 15.3 Å². The lowest BCUT2D eigenvalue weighted by molar-refractivity contribution is 0.410. The zero-order valence-corrected chi connectivity index (χ0v) is 11.8. The van der Waals surface area contributed by atoms with Gasteiger partial charge in [0.25, 0.3) is 0 Å². The molecule has 0 unspecified atom stereocenters. The summed E-state index contributed by atoms with van der Waals surface area (Å²) in [5.41, 5.74) is 0.948. The standard InChI is InChI=1S/C15H16ClN3O/c16-12-1-3-13(4-2-12)20-15-14(18-9-10-19-15)11-5-7-17-8-6-11/h1-4,9-11,17H,5-8H2. The second-order valence-electron chi connectivity index (χ2n) is 4.83. The van der Waals surface area contributed by atoms with E-state index in [2.05, 4.69) is 15.3 Å². The fourth-order valence-electron chi connectivity index (χ4n) is 2.40. The van der Waals surface area contributed by atoms with Crippen molar-refractivity contribution in [1.29, 1.82) is 0 Å². The Morgan fingerprint density at radius 1 is 1.05 bits per heavy atom. The van der Waals surface area contributed by atoms with Crippen LogP contribution in [0.3, 0.4) is 0 Å². The molecule has 1 saturated heterocycles. The lowest BCUT2D eigenvalue weighted by Crippen LogP contribution is -2.27. The minimum Gasteiger partial charge on any atom is -0.437 e. The first-order chi connectivity index (χ1) is 9.83. The Morgan fingerprint density at radius 3 is 2.50 bits per heavy atom. The first kappa shape index (κ1) is 13.3. The van der Waals surface area contributed by atoms with E-state index >= 15 is 0 Å². The summed E-state index contributed by atoms with van der Waals surface area (Å²) in [4.78, 5) is 8.81. The second kappa shape index (κ2) is 6.20. The van der Waals surface area contributed by atoms with Crippen LogP contribution in [-0.4, -0.2) is 23.1 Å². The largest absolute Gasteiger partial charge is 0.437 e. The summed E-state index contributed by atoms with van der Waals surface area (Å²) in [7, 11) is 0. The molecule has 0 saturated carbocycles. The molecule has 1 N–H and O–H groups in total. The van der Waals surface area contributed by atoms with Crippen LogP contribution in [0.1, 0.15) is 24.5 Å². The molecule has 0 radical (unpaired) electrons. The molecule has 0 spiro atoms. The number of piperidine rings is 1. The molecular formula is C15H16ClN3O. The predicted octanol–water partition coefficient (Wildman–Crippen LogP) is 3.39. The summed E-state index contributed by atoms with van der Waals surface area (Å²) in [6.07, 6.45) is 5.52. The Bertz CT molecular complexity index is 568. The number of halogens is 1. The zero-order valence-electron chi connectivity index (χ0n) is 11.1. The smallest absolute Gasteiger partial charge is 0.241 e. The van der Waals surface area contributed by atoms with Crippen LogP contribution in [0, 0.1) is 0 Å². The lowest BCUT2D eigenvalue weighted by atomic mass is 9.94. The molecule has 3 rings (SSSR count). The van der Waals surface area contributed by atoms with Crippen molar-refractivity contribution < 1.29 is 4.74 Å². The molecule has 0 atom stereocenters. The molecule has 4 nitrogen and oxygen atoms in total. The predicted molar refractivity (Wildman–Crippen MR) is 78.4 cm³/mol. The van der Waals surface area contributed by atoms with Gasteiger partial charge in [0.15, 0.2) is 0 Å². The number of rotatable bonds is 3. The van der Waals surface area contributed by atoms with E-state index in [4.69, 9.17) is 16.3 Å². The van der Waals surface area contributed by atoms with E-state index in [0.717, 1.165) is 37.4 Å². The fraction of sp³-hybridized carbons (Fsp3) is 0.333. The molecule has 2 aromatic rings. The number of nitrogens with zero attached hydrogens (tertiary/aromatic N) is 2. The average molecular weight is 290 g/mol. The van der Waals surface area contributed by atoms with Gasteiger partial charge in [0.05, 0.1) is 0 Å². The first-order valence-electron chi connectivity index (χ1n) is 6.78. The van der Waals surface area contributed by atoms with E-state index in [0.29, 0.717) is 16.8 Å². The molecular weight excluding hydrogens is 274 g/mol. The number of nitrogens with one attached hydrogen (secondary N) is 1. The van der Waals surface area contributed by atoms with E-state index in [1.54, 1.807) is 24.5 Å². The van der Waals surface area contributed by atoms with Crippen LogP contribution in [0.25, 0.3) is 0 Å². The van der Waals surface area contributed by atoms with Gasteiger partial charge in [0.2, 0.25) is 5.88 Å². The van der Waals surface area contributed by atoms with Gasteiger partial charge >= 0.3 is 0 Å². The summed E-state index contributed by atoms with van der Waals surface area (Å²) in [6, 6.07) is 7.28. The normalized spacial score (nSPS) is 16.1. The van der Waals surface area contributed by atoms with Gasteiger partial charge in [0.1, 0.15) is 11.4 Å². The minimum absolute atomic E-state index is 0.409. The van der Waals surface area contributed by atoms with Gasteiger partial charge in [-0.3, -0.25) is 4.98 Å². The van der Waals surface area contributed by atoms with E-state index in [1.165, 1.54) is 0 Å². The molecule has 1 aromatic carbocycles. The molecule has 1 fully saturated rings. The van der Waals surface area contributed by atoms with Crippen molar-refractivity contribution in [3.63, 3.8) is 0 Å². The van der Waals surface area contributed by atoms with E-state index in [9.17, 15) is 0 Å². The van der Waals surface area contributed by atoms with Crippen LogP contribution in [-0.2, 0) is 0 Å². The van der Waals surface area contributed by atoms with Gasteiger partial charge in [-0.05, 0) is 50.2 Å². The van der Waals surface area contributed by atoms with Crippen LogP contribution >= 0.6 is 11.6 Å². The number of hydrogen-bond donors (Lipinski definition) is 1. The molecule has 0 aliphatic carbocycles. The molecule has 0 amide bonds. The maximum Gasteiger partial charge on any atom is 0.241 e.